The van der Waals surface area contributed by atoms with Crippen LogP contribution in [0.2, 0.25) is 0 Å². The summed E-state index contributed by atoms with van der Waals surface area (Å²) in [4.78, 5) is 4.66. The Morgan fingerprint density at radius 1 is 1.33 bits per heavy atom. The van der Waals surface area contributed by atoms with Gasteiger partial charge in [-0.15, -0.1) is 0 Å². The zero-order chi connectivity index (χ0) is 15.6. The van der Waals surface area contributed by atoms with Crippen molar-refractivity contribution in [3.63, 3.8) is 0 Å². The molecule has 2 rings (SSSR count). The maximum absolute atomic E-state index is 12.4. The van der Waals surface area contributed by atoms with Crippen molar-refractivity contribution in [2.24, 2.45) is 0 Å². The van der Waals surface area contributed by atoms with Crippen LogP contribution in [0, 0.1) is 6.92 Å². The summed E-state index contributed by atoms with van der Waals surface area (Å²) in [5, 5.41) is 0. The van der Waals surface area contributed by atoms with Crippen LogP contribution in [0.15, 0.2) is 23.1 Å². The minimum absolute atomic E-state index is 0.180. The van der Waals surface area contributed by atoms with Crippen molar-refractivity contribution in [2.45, 2.75) is 17.9 Å². The molecule has 1 fully saturated rings. The number of hydrogen-bond acceptors (Lipinski definition) is 5. The summed E-state index contributed by atoms with van der Waals surface area (Å²) in [6.45, 7) is 4.98. The van der Waals surface area contributed by atoms with E-state index in [9.17, 15) is 8.42 Å². The number of likely N-dealkylation sites (N-methyl/N-ethyl adjacent to an activating group) is 2. The van der Waals surface area contributed by atoms with E-state index in [0.717, 1.165) is 19.6 Å². The number of hydrogen-bond donors (Lipinski definition) is 2. The van der Waals surface area contributed by atoms with E-state index in [4.69, 9.17) is 5.73 Å². The van der Waals surface area contributed by atoms with Gasteiger partial charge < -0.3 is 10.6 Å². The number of sulfonamides is 1. The Morgan fingerprint density at radius 3 is 2.76 bits per heavy atom. The van der Waals surface area contributed by atoms with E-state index >= 15 is 0 Å². The van der Waals surface area contributed by atoms with Gasteiger partial charge in [0.2, 0.25) is 10.0 Å². The predicted molar refractivity (Wildman–Crippen MR) is 84.7 cm³/mol. The van der Waals surface area contributed by atoms with Crippen LogP contribution in [0.1, 0.15) is 5.56 Å². The molecule has 118 valence electrons. The Hall–Kier alpha value is -1.15. The summed E-state index contributed by atoms with van der Waals surface area (Å²) in [5.41, 5.74) is 6.85. The Kier molecular flexibility index (Phi) is 4.88. The summed E-state index contributed by atoms with van der Waals surface area (Å²) in [5.74, 6) is 0. The standard InChI is InChI=1S/C14H24N4O2S/c1-11-4-5-12(15)8-14(11)21(19,20)16-9-13-10-17(2)6-7-18(13)3/h4-5,8,13,16H,6-7,9-10,15H2,1-3H3. The van der Waals surface area contributed by atoms with E-state index in [0.29, 0.717) is 17.8 Å². The first-order valence-corrected chi connectivity index (χ1v) is 8.52. The number of aryl methyl sites for hydroxylation is 1. The van der Waals surface area contributed by atoms with Crippen LogP contribution in [0.3, 0.4) is 0 Å². The molecule has 7 heteroatoms. The van der Waals surface area contributed by atoms with Crippen LogP contribution in [0.25, 0.3) is 0 Å². The first-order chi connectivity index (χ1) is 9.79. The molecule has 1 heterocycles. The first-order valence-electron chi connectivity index (χ1n) is 7.04. The molecule has 6 nitrogen and oxygen atoms in total. The zero-order valence-electron chi connectivity index (χ0n) is 12.8. The number of nitrogens with one attached hydrogen (secondary N) is 1. The number of nitrogens with zero attached hydrogens (tertiary/aromatic N) is 2. The minimum atomic E-state index is -3.53. The van der Waals surface area contributed by atoms with E-state index in [1.165, 1.54) is 6.07 Å². The predicted octanol–water partition coefficient (Wildman–Crippen LogP) is 0.101. The Balaban J connectivity index is 2.09. The van der Waals surface area contributed by atoms with Crippen LogP contribution in [0.4, 0.5) is 5.69 Å². The second-order valence-corrected chi connectivity index (χ2v) is 7.51. The van der Waals surface area contributed by atoms with Crippen molar-refractivity contribution in [1.82, 2.24) is 14.5 Å². The van der Waals surface area contributed by atoms with Gasteiger partial charge in [-0.25, -0.2) is 13.1 Å². The minimum Gasteiger partial charge on any atom is -0.399 e. The second-order valence-electron chi connectivity index (χ2n) is 5.77. The van der Waals surface area contributed by atoms with Gasteiger partial charge in [-0.2, -0.15) is 0 Å². The molecule has 21 heavy (non-hydrogen) atoms. The van der Waals surface area contributed by atoms with E-state index in [1.807, 2.05) is 7.05 Å². The molecule has 0 spiro atoms. The molecule has 1 atom stereocenters. The number of rotatable bonds is 4. The molecule has 0 radical (unpaired) electrons. The highest BCUT2D eigenvalue weighted by atomic mass is 32.2. The molecule has 0 saturated carbocycles. The lowest BCUT2D eigenvalue weighted by Gasteiger charge is -2.37. The number of benzene rings is 1. The largest absolute Gasteiger partial charge is 0.399 e. The summed E-state index contributed by atoms with van der Waals surface area (Å²) in [6, 6.07) is 5.12. The highest BCUT2D eigenvalue weighted by Gasteiger charge is 2.25. The molecule has 1 aliphatic rings. The van der Waals surface area contributed by atoms with Gasteiger partial charge in [0.25, 0.3) is 0 Å². The molecule has 1 aromatic carbocycles. The van der Waals surface area contributed by atoms with Gasteiger partial charge in [0.1, 0.15) is 0 Å². The van der Waals surface area contributed by atoms with Crippen molar-refractivity contribution in [2.75, 3.05) is 46.0 Å². The fraction of sp³-hybridized carbons (Fsp3) is 0.571. The molecular weight excluding hydrogens is 288 g/mol. The zero-order valence-corrected chi connectivity index (χ0v) is 13.7. The lowest BCUT2D eigenvalue weighted by molar-refractivity contribution is 0.117. The maximum atomic E-state index is 12.4. The number of nitrogen functional groups attached to an aromatic ring is 1. The highest BCUT2D eigenvalue weighted by molar-refractivity contribution is 7.89. The molecule has 1 aromatic rings. The van der Waals surface area contributed by atoms with Crippen LogP contribution in [0.5, 0.6) is 0 Å². The van der Waals surface area contributed by atoms with Crippen LogP contribution in [-0.4, -0.2) is 64.5 Å². The lowest BCUT2D eigenvalue weighted by atomic mass is 10.2. The third-order valence-electron chi connectivity index (χ3n) is 3.99. The summed E-state index contributed by atoms with van der Waals surface area (Å²) in [7, 11) is 0.549. The molecule has 0 bridgehead atoms. The SMILES string of the molecule is Cc1ccc(N)cc1S(=O)(=O)NCC1CN(C)CCN1C. The molecule has 1 aliphatic heterocycles. The van der Waals surface area contributed by atoms with E-state index in [-0.39, 0.29) is 10.9 Å². The Bertz CT molecular complexity index is 603. The summed E-state index contributed by atoms with van der Waals surface area (Å²) in [6.07, 6.45) is 0. The molecule has 0 aromatic heterocycles. The monoisotopic (exact) mass is 312 g/mol. The smallest absolute Gasteiger partial charge is 0.240 e. The van der Waals surface area contributed by atoms with Gasteiger partial charge in [-0.05, 0) is 38.7 Å². The van der Waals surface area contributed by atoms with E-state index in [2.05, 4.69) is 21.6 Å². The van der Waals surface area contributed by atoms with Gasteiger partial charge >= 0.3 is 0 Å². The Morgan fingerprint density at radius 2 is 2.05 bits per heavy atom. The summed E-state index contributed by atoms with van der Waals surface area (Å²) < 4.78 is 27.6. The van der Waals surface area contributed by atoms with Crippen molar-refractivity contribution in [1.29, 1.82) is 0 Å². The highest BCUT2D eigenvalue weighted by Crippen LogP contribution is 2.18. The second kappa shape index (κ2) is 6.31. The molecule has 1 saturated heterocycles. The molecular formula is C14H24N4O2S. The molecule has 0 aliphatic carbocycles. The van der Waals surface area contributed by atoms with Crippen LogP contribution in [-0.2, 0) is 10.0 Å². The average Bonchev–Trinajstić information content (AvgIpc) is 2.42. The Labute approximate surface area is 127 Å². The van der Waals surface area contributed by atoms with Crippen molar-refractivity contribution in [3.8, 4) is 0 Å². The van der Waals surface area contributed by atoms with Crippen molar-refractivity contribution < 1.29 is 8.42 Å². The molecule has 1 unspecified atom stereocenters. The number of piperazine rings is 1. The first kappa shape index (κ1) is 16.2. The lowest BCUT2D eigenvalue weighted by Crippen LogP contribution is -2.54. The average molecular weight is 312 g/mol. The summed E-state index contributed by atoms with van der Waals surface area (Å²) >= 11 is 0. The maximum Gasteiger partial charge on any atom is 0.240 e. The van der Waals surface area contributed by atoms with E-state index < -0.39 is 10.0 Å². The molecule has 0 amide bonds. The van der Waals surface area contributed by atoms with Gasteiger partial charge in [0, 0.05) is 37.9 Å². The normalized spacial score (nSPS) is 21.6. The van der Waals surface area contributed by atoms with Gasteiger partial charge in [-0.3, -0.25) is 4.90 Å². The van der Waals surface area contributed by atoms with Crippen LogP contribution >= 0.6 is 0 Å². The van der Waals surface area contributed by atoms with Gasteiger partial charge in [-0.1, -0.05) is 6.07 Å². The van der Waals surface area contributed by atoms with Gasteiger partial charge in [0.05, 0.1) is 4.90 Å². The van der Waals surface area contributed by atoms with Crippen molar-refractivity contribution in [3.05, 3.63) is 23.8 Å². The quantitative estimate of drug-likeness (QED) is 0.771. The fourth-order valence-corrected chi connectivity index (χ4v) is 3.86. The fourth-order valence-electron chi connectivity index (χ4n) is 2.51. The van der Waals surface area contributed by atoms with Gasteiger partial charge in [0.15, 0.2) is 0 Å². The topological polar surface area (TPSA) is 78.7 Å². The third-order valence-corrected chi connectivity index (χ3v) is 5.56. The van der Waals surface area contributed by atoms with Crippen molar-refractivity contribution >= 4 is 15.7 Å². The molecule has 3 N–H and O–H groups in total. The van der Waals surface area contributed by atoms with Crippen LogP contribution < -0.4 is 10.5 Å². The third kappa shape index (κ3) is 3.94. The number of nitrogens with two attached hydrogens (primary N) is 1. The van der Waals surface area contributed by atoms with E-state index in [1.54, 1.807) is 19.1 Å². The number of anilines is 1.